The van der Waals surface area contributed by atoms with Crippen LogP contribution in [0.2, 0.25) is 0 Å². The van der Waals surface area contributed by atoms with Crippen LogP contribution in [0.5, 0.6) is 5.75 Å². The Morgan fingerprint density at radius 2 is 1.77 bits per heavy atom. The Labute approximate surface area is 175 Å². The molecule has 7 nitrogen and oxygen atoms in total. The number of benzene rings is 2. The summed E-state index contributed by atoms with van der Waals surface area (Å²) >= 11 is 0. The third-order valence-electron chi connectivity index (χ3n) is 5.07. The molecule has 1 aromatic heterocycles. The first-order valence-electron chi connectivity index (χ1n) is 9.22. The molecule has 158 valence electrons. The number of hydrogen-bond donors (Lipinski definition) is 2. The van der Waals surface area contributed by atoms with Gasteiger partial charge in [-0.25, -0.2) is 13.6 Å². The van der Waals surface area contributed by atoms with Crippen molar-refractivity contribution in [1.29, 1.82) is 0 Å². The number of furan rings is 1. The highest BCUT2D eigenvalue weighted by molar-refractivity contribution is 7.89. The average Bonchev–Trinajstić information content (AvgIpc) is 2.96. The number of sulfonamides is 1. The first-order valence-corrected chi connectivity index (χ1v) is 10.8. The summed E-state index contributed by atoms with van der Waals surface area (Å²) in [6.07, 6.45) is 1.47. The standard InChI is InChI=1S/C22H24N2O5S/c1-12(10-20(25)24-16-6-8-17(9-7-16)30(23,26)27)18-11-19-13(2)15(4)29-22(19)14(3)21(18)28-5/h6-11H,1-5H3,(H,24,25)(H2,23,26,27)/b12-10+. The summed E-state index contributed by atoms with van der Waals surface area (Å²) in [5.41, 5.74) is 4.66. The lowest BCUT2D eigenvalue weighted by molar-refractivity contribution is -0.111. The predicted octanol–water partition coefficient (Wildman–Crippen LogP) is 4.06. The molecule has 3 aromatic rings. The van der Waals surface area contributed by atoms with Gasteiger partial charge >= 0.3 is 0 Å². The number of amides is 1. The first-order chi connectivity index (χ1) is 14.0. The van der Waals surface area contributed by atoms with Crippen LogP contribution in [-0.4, -0.2) is 21.4 Å². The highest BCUT2D eigenvalue weighted by atomic mass is 32.2. The molecule has 30 heavy (non-hydrogen) atoms. The highest BCUT2D eigenvalue weighted by Gasteiger charge is 2.18. The number of anilines is 1. The third-order valence-corrected chi connectivity index (χ3v) is 6.00. The van der Waals surface area contributed by atoms with E-state index in [1.165, 1.54) is 30.3 Å². The van der Waals surface area contributed by atoms with Crippen molar-refractivity contribution in [2.75, 3.05) is 12.4 Å². The zero-order valence-corrected chi connectivity index (χ0v) is 18.3. The van der Waals surface area contributed by atoms with Gasteiger partial charge in [-0.3, -0.25) is 4.79 Å². The Bertz CT molecular complexity index is 1270. The predicted molar refractivity (Wildman–Crippen MR) is 117 cm³/mol. The molecule has 1 heterocycles. The van der Waals surface area contributed by atoms with Crippen LogP contribution in [0.3, 0.4) is 0 Å². The molecule has 0 aliphatic carbocycles. The SMILES string of the molecule is COc1c(/C(C)=C/C(=O)Nc2ccc(S(N)(=O)=O)cc2)cc2c(C)c(C)oc2c1C. The van der Waals surface area contributed by atoms with Gasteiger partial charge in [-0.1, -0.05) is 0 Å². The van der Waals surface area contributed by atoms with Crippen LogP contribution in [0.1, 0.15) is 29.4 Å². The van der Waals surface area contributed by atoms with E-state index < -0.39 is 10.0 Å². The summed E-state index contributed by atoms with van der Waals surface area (Å²) in [7, 11) is -2.20. The molecule has 3 N–H and O–H groups in total. The molecule has 0 saturated carbocycles. The van der Waals surface area contributed by atoms with Gasteiger partial charge in [0.1, 0.15) is 17.1 Å². The molecule has 0 bridgehead atoms. The number of ether oxygens (including phenoxy) is 1. The molecule has 0 fully saturated rings. The highest BCUT2D eigenvalue weighted by Crippen LogP contribution is 2.38. The minimum Gasteiger partial charge on any atom is -0.496 e. The summed E-state index contributed by atoms with van der Waals surface area (Å²) in [5, 5.41) is 8.78. The van der Waals surface area contributed by atoms with E-state index in [0.717, 1.165) is 33.4 Å². The molecular formula is C22H24N2O5S. The second-order valence-electron chi connectivity index (χ2n) is 7.13. The topological polar surface area (TPSA) is 112 Å². The number of carbonyl (C=O) groups is 1. The van der Waals surface area contributed by atoms with E-state index >= 15 is 0 Å². The molecule has 0 aliphatic rings. The Morgan fingerprint density at radius 1 is 1.13 bits per heavy atom. The first kappa shape index (κ1) is 21.6. The fourth-order valence-electron chi connectivity index (χ4n) is 3.35. The maximum atomic E-state index is 12.5. The summed E-state index contributed by atoms with van der Waals surface area (Å²) < 4.78 is 34.1. The Kier molecular flexibility index (Phi) is 5.74. The lowest BCUT2D eigenvalue weighted by Gasteiger charge is -2.13. The van der Waals surface area contributed by atoms with Crippen LogP contribution in [0.25, 0.3) is 16.5 Å². The number of methoxy groups -OCH3 is 1. The number of nitrogens with one attached hydrogen (secondary N) is 1. The summed E-state index contributed by atoms with van der Waals surface area (Å²) in [4.78, 5) is 12.5. The quantitative estimate of drug-likeness (QED) is 0.595. The number of hydrogen-bond acceptors (Lipinski definition) is 5. The molecule has 0 aliphatic heterocycles. The minimum atomic E-state index is -3.78. The van der Waals surface area contributed by atoms with Gasteiger partial charge in [0, 0.05) is 28.3 Å². The normalized spacial score (nSPS) is 12.3. The van der Waals surface area contributed by atoms with Crippen molar-refractivity contribution in [2.45, 2.75) is 32.6 Å². The van der Waals surface area contributed by atoms with E-state index in [1.807, 2.05) is 33.8 Å². The number of fused-ring (bicyclic) bond motifs is 1. The van der Waals surface area contributed by atoms with Crippen LogP contribution >= 0.6 is 0 Å². The number of primary sulfonamides is 1. The zero-order chi connectivity index (χ0) is 22.2. The van der Waals surface area contributed by atoms with Gasteiger partial charge in [0.25, 0.3) is 0 Å². The van der Waals surface area contributed by atoms with E-state index in [0.29, 0.717) is 17.0 Å². The van der Waals surface area contributed by atoms with E-state index in [4.69, 9.17) is 14.3 Å². The molecule has 0 spiro atoms. The lowest BCUT2D eigenvalue weighted by atomic mass is 9.98. The van der Waals surface area contributed by atoms with Gasteiger partial charge in [-0.15, -0.1) is 0 Å². The monoisotopic (exact) mass is 428 g/mol. The maximum Gasteiger partial charge on any atom is 0.248 e. The summed E-state index contributed by atoms with van der Waals surface area (Å²) in [6, 6.07) is 7.61. The fourth-order valence-corrected chi connectivity index (χ4v) is 3.86. The number of carbonyl (C=O) groups excluding carboxylic acids is 1. The van der Waals surface area contributed by atoms with Gasteiger partial charge in [-0.05, 0) is 69.2 Å². The van der Waals surface area contributed by atoms with Gasteiger partial charge in [-0.2, -0.15) is 0 Å². The van der Waals surface area contributed by atoms with Crippen molar-refractivity contribution < 1.29 is 22.4 Å². The molecule has 0 radical (unpaired) electrons. The van der Waals surface area contributed by atoms with Crippen molar-refractivity contribution in [3.63, 3.8) is 0 Å². The minimum absolute atomic E-state index is 0.0217. The van der Waals surface area contributed by atoms with Crippen LogP contribution in [0.4, 0.5) is 5.69 Å². The summed E-state index contributed by atoms with van der Waals surface area (Å²) in [5.74, 6) is 1.14. The largest absolute Gasteiger partial charge is 0.496 e. The second kappa shape index (κ2) is 7.97. The van der Waals surface area contributed by atoms with E-state index in [-0.39, 0.29) is 10.8 Å². The van der Waals surface area contributed by atoms with Gasteiger partial charge < -0.3 is 14.5 Å². The van der Waals surface area contributed by atoms with Crippen molar-refractivity contribution in [1.82, 2.24) is 0 Å². The van der Waals surface area contributed by atoms with E-state index in [1.54, 1.807) is 7.11 Å². The Hall–Kier alpha value is -3.10. The molecule has 0 atom stereocenters. The molecule has 2 aromatic carbocycles. The molecule has 3 rings (SSSR count). The maximum absolute atomic E-state index is 12.5. The van der Waals surface area contributed by atoms with E-state index in [9.17, 15) is 13.2 Å². The lowest BCUT2D eigenvalue weighted by Crippen LogP contribution is -2.12. The molecule has 0 saturated heterocycles. The van der Waals surface area contributed by atoms with Crippen molar-refractivity contribution in [2.24, 2.45) is 5.14 Å². The number of allylic oxidation sites excluding steroid dienone is 1. The smallest absolute Gasteiger partial charge is 0.248 e. The van der Waals surface area contributed by atoms with Gasteiger partial charge in [0.2, 0.25) is 15.9 Å². The van der Waals surface area contributed by atoms with Crippen molar-refractivity contribution in [3.8, 4) is 5.75 Å². The molecular weight excluding hydrogens is 404 g/mol. The van der Waals surface area contributed by atoms with E-state index in [2.05, 4.69) is 5.32 Å². The van der Waals surface area contributed by atoms with Crippen LogP contribution < -0.4 is 15.2 Å². The second-order valence-corrected chi connectivity index (χ2v) is 8.69. The van der Waals surface area contributed by atoms with Gasteiger partial charge in [0.15, 0.2) is 0 Å². The van der Waals surface area contributed by atoms with Gasteiger partial charge in [0.05, 0.1) is 12.0 Å². The number of aryl methyl sites for hydroxylation is 3. The number of rotatable bonds is 5. The van der Waals surface area contributed by atoms with Crippen LogP contribution in [0, 0.1) is 20.8 Å². The summed E-state index contributed by atoms with van der Waals surface area (Å²) in [6.45, 7) is 7.66. The molecule has 1 amide bonds. The average molecular weight is 429 g/mol. The Balaban J connectivity index is 1.93. The van der Waals surface area contributed by atoms with Crippen molar-refractivity contribution >= 4 is 38.2 Å². The van der Waals surface area contributed by atoms with Crippen LogP contribution in [0.15, 0.2) is 45.7 Å². The molecule has 0 unspecified atom stereocenters. The zero-order valence-electron chi connectivity index (χ0n) is 17.5. The third kappa shape index (κ3) is 4.10. The van der Waals surface area contributed by atoms with Crippen LogP contribution in [-0.2, 0) is 14.8 Å². The Morgan fingerprint density at radius 3 is 2.33 bits per heavy atom. The fraction of sp³-hybridized carbons (Fsp3) is 0.227. The number of nitrogens with two attached hydrogens (primary N) is 1. The molecule has 8 heteroatoms. The van der Waals surface area contributed by atoms with Crippen molar-refractivity contribution in [3.05, 3.63) is 58.9 Å².